The zero-order valence-corrected chi connectivity index (χ0v) is 15.7. The van der Waals surface area contributed by atoms with Gasteiger partial charge in [-0.1, -0.05) is 38.1 Å². The van der Waals surface area contributed by atoms with Crippen molar-refractivity contribution in [3.8, 4) is 11.5 Å². The van der Waals surface area contributed by atoms with E-state index in [1.807, 2.05) is 24.3 Å². The second-order valence-electron chi connectivity index (χ2n) is 6.14. The fraction of sp³-hybridized carbons (Fsp3) is 0.368. The molecule has 0 saturated carbocycles. The van der Waals surface area contributed by atoms with Crippen molar-refractivity contribution in [2.24, 2.45) is 5.92 Å². The fourth-order valence-corrected chi connectivity index (χ4v) is 3.45. The zero-order chi connectivity index (χ0) is 18.3. The average Bonchev–Trinajstić information content (AvgIpc) is 2.59. The summed E-state index contributed by atoms with van der Waals surface area (Å²) in [4.78, 5) is 0.261. The van der Waals surface area contributed by atoms with Gasteiger partial charge in [0.1, 0.15) is 6.61 Å². The number of hydrogen-bond acceptors (Lipinski definition) is 4. The third-order valence-electron chi connectivity index (χ3n) is 3.60. The molecule has 2 aromatic carbocycles. The van der Waals surface area contributed by atoms with Crippen molar-refractivity contribution in [1.29, 1.82) is 0 Å². The van der Waals surface area contributed by atoms with Gasteiger partial charge < -0.3 is 9.47 Å². The Morgan fingerprint density at radius 1 is 1.00 bits per heavy atom. The second-order valence-corrected chi connectivity index (χ2v) is 7.91. The predicted molar refractivity (Wildman–Crippen MR) is 98.7 cm³/mol. The van der Waals surface area contributed by atoms with Crippen LogP contribution in [0.15, 0.2) is 53.4 Å². The monoisotopic (exact) mass is 363 g/mol. The van der Waals surface area contributed by atoms with Crippen LogP contribution < -0.4 is 14.2 Å². The average molecular weight is 363 g/mol. The number of ether oxygens (including phenoxy) is 2. The molecule has 0 heterocycles. The van der Waals surface area contributed by atoms with Gasteiger partial charge in [-0.15, -0.1) is 0 Å². The van der Waals surface area contributed by atoms with Crippen LogP contribution in [0.4, 0.5) is 0 Å². The SMILES string of the molecule is COc1ccccc1OCCNS(=O)(=O)c1ccc(CC(C)C)cc1. The molecule has 1 N–H and O–H groups in total. The van der Waals surface area contributed by atoms with Crippen LogP contribution in [0.1, 0.15) is 19.4 Å². The molecule has 2 aromatic rings. The van der Waals surface area contributed by atoms with Gasteiger partial charge in [0, 0.05) is 6.54 Å². The quantitative estimate of drug-likeness (QED) is 0.695. The van der Waals surface area contributed by atoms with E-state index in [1.54, 1.807) is 31.4 Å². The molecule has 25 heavy (non-hydrogen) atoms. The van der Waals surface area contributed by atoms with Gasteiger partial charge in [-0.2, -0.15) is 0 Å². The summed E-state index contributed by atoms with van der Waals surface area (Å²) >= 11 is 0. The van der Waals surface area contributed by atoms with Crippen LogP contribution in [0.25, 0.3) is 0 Å². The molecule has 0 unspecified atom stereocenters. The summed E-state index contributed by atoms with van der Waals surface area (Å²) in [6, 6.07) is 14.2. The minimum absolute atomic E-state index is 0.175. The third-order valence-corrected chi connectivity index (χ3v) is 5.08. The van der Waals surface area contributed by atoms with E-state index in [0.717, 1.165) is 12.0 Å². The topological polar surface area (TPSA) is 64.6 Å². The molecule has 0 aliphatic heterocycles. The van der Waals surface area contributed by atoms with E-state index in [-0.39, 0.29) is 18.0 Å². The molecule has 0 aromatic heterocycles. The summed E-state index contributed by atoms with van der Waals surface area (Å²) in [5, 5.41) is 0. The van der Waals surface area contributed by atoms with Gasteiger partial charge in [-0.05, 0) is 42.2 Å². The Morgan fingerprint density at radius 2 is 1.64 bits per heavy atom. The highest BCUT2D eigenvalue weighted by Gasteiger charge is 2.13. The number of rotatable bonds is 9. The maximum Gasteiger partial charge on any atom is 0.240 e. The Bertz CT molecular complexity index is 770. The Balaban J connectivity index is 1.89. The van der Waals surface area contributed by atoms with Crippen molar-refractivity contribution >= 4 is 10.0 Å². The molecule has 5 nitrogen and oxygen atoms in total. The van der Waals surface area contributed by atoms with E-state index in [2.05, 4.69) is 18.6 Å². The Labute approximate surface area is 150 Å². The van der Waals surface area contributed by atoms with Crippen LogP contribution in [0.2, 0.25) is 0 Å². The van der Waals surface area contributed by atoms with E-state index >= 15 is 0 Å². The number of sulfonamides is 1. The van der Waals surface area contributed by atoms with Gasteiger partial charge in [0.25, 0.3) is 0 Å². The first-order valence-electron chi connectivity index (χ1n) is 8.27. The molecule has 6 heteroatoms. The van der Waals surface area contributed by atoms with Crippen molar-refractivity contribution in [1.82, 2.24) is 4.72 Å². The molecule has 136 valence electrons. The van der Waals surface area contributed by atoms with Gasteiger partial charge in [-0.3, -0.25) is 0 Å². The summed E-state index contributed by atoms with van der Waals surface area (Å²) in [6.07, 6.45) is 0.931. The highest BCUT2D eigenvalue weighted by atomic mass is 32.2. The van der Waals surface area contributed by atoms with E-state index < -0.39 is 10.0 Å². The number of benzene rings is 2. The molecule has 0 radical (unpaired) electrons. The Hall–Kier alpha value is -2.05. The molecule has 0 spiro atoms. The van der Waals surface area contributed by atoms with Gasteiger partial charge in [-0.25, -0.2) is 13.1 Å². The van der Waals surface area contributed by atoms with Crippen LogP contribution in [0.3, 0.4) is 0 Å². The van der Waals surface area contributed by atoms with E-state index in [1.165, 1.54) is 0 Å². The zero-order valence-electron chi connectivity index (χ0n) is 14.9. The van der Waals surface area contributed by atoms with Crippen LogP contribution in [0, 0.1) is 5.92 Å². The van der Waals surface area contributed by atoms with E-state index in [9.17, 15) is 8.42 Å². The van der Waals surface area contributed by atoms with Crippen molar-refractivity contribution in [2.45, 2.75) is 25.2 Å². The summed E-state index contributed by atoms with van der Waals surface area (Å²) in [7, 11) is -1.97. The van der Waals surface area contributed by atoms with Crippen LogP contribution in [-0.4, -0.2) is 28.7 Å². The lowest BCUT2D eigenvalue weighted by molar-refractivity contribution is 0.299. The highest BCUT2D eigenvalue weighted by molar-refractivity contribution is 7.89. The largest absolute Gasteiger partial charge is 0.493 e. The minimum atomic E-state index is -3.54. The molecule has 0 saturated heterocycles. The number of hydrogen-bond donors (Lipinski definition) is 1. The minimum Gasteiger partial charge on any atom is -0.493 e. The van der Waals surface area contributed by atoms with Crippen molar-refractivity contribution in [2.75, 3.05) is 20.3 Å². The molecular weight excluding hydrogens is 338 g/mol. The molecule has 2 rings (SSSR count). The van der Waals surface area contributed by atoms with Gasteiger partial charge in [0.05, 0.1) is 12.0 Å². The lowest BCUT2D eigenvalue weighted by atomic mass is 10.0. The standard InChI is InChI=1S/C19H25NO4S/c1-15(2)14-16-8-10-17(11-9-16)25(21,22)20-12-13-24-19-7-5-4-6-18(19)23-3/h4-11,15,20H,12-14H2,1-3H3. The number of nitrogens with one attached hydrogen (secondary N) is 1. The maximum atomic E-state index is 12.3. The normalized spacial score (nSPS) is 11.5. The van der Waals surface area contributed by atoms with Gasteiger partial charge in [0.2, 0.25) is 10.0 Å². The van der Waals surface area contributed by atoms with Crippen molar-refractivity contribution in [3.05, 3.63) is 54.1 Å². The fourth-order valence-electron chi connectivity index (χ4n) is 2.43. The summed E-state index contributed by atoms with van der Waals surface area (Å²) < 4.78 is 37.9. The number of methoxy groups -OCH3 is 1. The lowest BCUT2D eigenvalue weighted by Crippen LogP contribution is -2.28. The van der Waals surface area contributed by atoms with Crippen molar-refractivity contribution in [3.63, 3.8) is 0 Å². The molecule has 0 amide bonds. The molecule has 0 fully saturated rings. The first-order chi connectivity index (χ1) is 11.9. The second kappa shape index (κ2) is 8.87. The van der Waals surface area contributed by atoms with E-state index in [4.69, 9.17) is 9.47 Å². The molecule has 0 bridgehead atoms. The first kappa shape index (κ1) is 19.3. The summed E-state index contributed by atoms with van der Waals surface area (Å²) in [6.45, 7) is 4.65. The van der Waals surface area contributed by atoms with Crippen LogP contribution >= 0.6 is 0 Å². The third kappa shape index (κ3) is 5.76. The van der Waals surface area contributed by atoms with Gasteiger partial charge >= 0.3 is 0 Å². The predicted octanol–water partition coefficient (Wildman–Crippen LogP) is 3.25. The van der Waals surface area contributed by atoms with E-state index in [0.29, 0.717) is 17.4 Å². The van der Waals surface area contributed by atoms with Gasteiger partial charge in [0.15, 0.2) is 11.5 Å². The molecular formula is C19H25NO4S. The molecule has 0 aliphatic carbocycles. The number of para-hydroxylation sites is 2. The maximum absolute atomic E-state index is 12.3. The summed E-state index contributed by atoms with van der Waals surface area (Å²) in [5.41, 5.74) is 1.13. The summed E-state index contributed by atoms with van der Waals surface area (Å²) in [5.74, 6) is 1.74. The van der Waals surface area contributed by atoms with Crippen LogP contribution in [0.5, 0.6) is 11.5 Å². The lowest BCUT2D eigenvalue weighted by Gasteiger charge is -2.11. The molecule has 0 aliphatic rings. The van der Waals surface area contributed by atoms with Crippen molar-refractivity contribution < 1.29 is 17.9 Å². The van der Waals surface area contributed by atoms with Crippen LogP contribution in [-0.2, 0) is 16.4 Å². The Kier molecular flexibility index (Phi) is 6.84. The smallest absolute Gasteiger partial charge is 0.240 e. The highest BCUT2D eigenvalue weighted by Crippen LogP contribution is 2.25. The Morgan fingerprint density at radius 3 is 2.24 bits per heavy atom. The molecule has 0 atom stereocenters. The first-order valence-corrected chi connectivity index (χ1v) is 9.75.